The normalized spacial score (nSPS) is 14.4. The lowest BCUT2D eigenvalue weighted by Crippen LogP contribution is -2.32. The average Bonchev–Trinajstić information content (AvgIpc) is 2.81. The molecule has 1 aromatic carbocycles. The fraction of sp³-hybridized carbons (Fsp3) is 0.478. The predicted molar refractivity (Wildman–Crippen MR) is 131 cm³/mol. The number of rotatable bonds is 9. The Balaban J connectivity index is 2.02. The molecule has 2 heterocycles. The first kappa shape index (κ1) is 25.3. The Morgan fingerprint density at radius 2 is 1.82 bits per heavy atom. The Labute approximate surface area is 200 Å². The summed E-state index contributed by atoms with van der Waals surface area (Å²) in [6.45, 7) is 8.21. The van der Waals surface area contributed by atoms with E-state index >= 15 is 0 Å². The van der Waals surface area contributed by atoms with Crippen molar-refractivity contribution >= 4 is 38.9 Å². The lowest BCUT2D eigenvalue weighted by Gasteiger charge is -2.31. The summed E-state index contributed by atoms with van der Waals surface area (Å²) in [5, 5.41) is 3.04. The summed E-state index contributed by atoms with van der Waals surface area (Å²) in [7, 11) is -3.69. The molecular weight excluding hydrogens is 464 g/mol. The van der Waals surface area contributed by atoms with Crippen molar-refractivity contribution in [2.45, 2.75) is 44.9 Å². The molecule has 1 N–H and O–H groups in total. The summed E-state index contributed by atoms with van der Waals surface area (Å²) >= 11 is 6.24. The van der Waals surface area contributed by atoms with Gasteiger partial charge in [0.2, 0.25) is 15.9 Å². The van der Waals surface area contributed by atoms with E-state index in [1.165, 1.54) is 10.4 Å². The predicted octanol–water partition coefficient (Wildman–Crippen LogP) is 4.41. The number of halogens is 1. The summed E-state index contributed by atoms with van der Waals surface area (Å²) < 4.78 is 33.0. The number of piperidine rings is 1. The highest BCUT2D eigenvalue weighted by molar-refractivity contribution is 7.89. The highest BCUT2D eigenvalue weighted by atomic mass is 35.5. The second-order valence-corrected chi connectivity index (χ2v) is 10.0. The molecular formula is C23H31ClN4O4S. The smallest absolute Gasteiger partial charge is 0.276 e. The molecule has 1 saturated heterocycles. The van der Waals surface area contributed by atoms with Crippen LogP contribution in [-0.2, 0) is 10.0 Å². The number of nitrogens with one attached hydrogen (secondary N) is 1. The molecule has 3 rings (SSSR count). The summed E-state index contributed by atoms with van der Waals surface area (Å²) in [4.78, 5) is 19.7. The van der Waals surface area contributed by atoms with Crippen molar-refractivity contribution in [3.8, 4) is 5.88 Å². The first-order valence-electron chi connectivity index (χ1n) is 11.3. The van der Waals surface area contributed by atoms with Crippen LogP contribution >= 0.6 is 11.6 Å². The maximum Gasteiger partial charge on any atom is 0.276 e. The Hall–Kier alpha value is -2.36. The van der Waals surface area contributed by atoms with Crippen LogP contribution in [0.15, 0.2) is 35.2 Å². The minimum absolute atomic E-state index is 0.0178. The third kappa shape index (κ3) is 5.77. The number of hydrogen-bond donors (Lipinski definition) is 1. The van der Waals surface area contributed by atoms with Crippen molar-refractivity contribution in [2.24, 2.45) is 0 Å². The summed E-state index contributed by atoms with van der Waals surface area (Å²) in [5.41, 5.74) is 1.21. The fourth-order valence-electron chi connectivity index (χ4n) is 3.89. The van der Waals surface area contributed by atoms with E-state index in [1.54, 1.807) is 38.1 Å². The van der Waals surface area contributed by atoms with Crippen LogP contribution in [0.2, 0.25) is 5.02 Å². The molecule has 0 saturated carbocycles. The molecule has 8 nitrogen and oxygen atoms in total. The van der Waals surface area contributed by atoms with E-state index in [1.807, 2.05) is 6.92 Å². The molecule has 2 aromatic rings. The molecule has 0 aliphatic carbocycles. The molecule has 1 aromatic heterocycles. The molecule has 1 fully saturated rings. The van der Waals surface area contributed by atoms with Crippen LogP contribution in [0, 0.1) is 0 Å². The molecule has 1 aliphatic rings. The number of anilines is 2. The summed E-state index contributed by atoms with van der Waals surface area (Å²) in [6.07, 6.45) is 3.23. The number of amides is 1. The average molecular weight is 495 g/mol. The second-order valence-electron chi connectivity index (χ2n) is 7.68. The van der Waals surface area contributed by atoms with Gasteiger partial charge in [0, 0.05) is 32.2 Å². The SMILES string of the molecule is CCOc1ccc(Cl)c(C(=O)Nc2cc(S(=O)(=O)N(CC)CC)ccc2N2CCCCC2)n1. The standard InChI is InChI=1S/C23H31ClN4O4S/c1-4-28(5-2)33(30,31)17-10-12-20(27-14-8-7-9-15-27)19(16-17)25-23(29)22-18(24)11-13-21(26-22)32-6-3/h10-13,16H,4-9,14-15H2,1-3H3,(H,25,29). The van der Waals surface area contributed by atoms with E-state index < -0.39 is 15.9 Å². The Morgan fingerprint density at radius 3 is 2.45 bits per heavy atom. The largest absolute Gasteiger partial charge is 0.478 e. The van der Waals surface area contributed by atoms with Gasteiger partial charge in [-0.05, 0) is 50.5 Å². The summed E-state index contributed by atoms with van der Waals surface area (Å²) in [6, 6.07) is 8.05. The molecule has 10 heteroatoms. The van der Waals surface area contributed by atoms with Crippen LogP contribution in [0.4, 0.5) is 11.4 Å². The fourth-order valence-corrected chi connectivity index (χ4v) is 5.57. The van der Waals surface area contributed by atoms with E-state index in [9.17, 15) is 13.2 Å². The number of hydrogen-bond acceptors (Lipinski definition) is 6. The van der Waals surface area contributed by atoms with Crippen LogP contribution in [-0.4, -0.2) is 56.4 Å². The molecule has 180 valence electrons. The van der Waals surface area contributed by atoms with Gasteiger partial charge in [-0.2, -0.15) is 4.31 Å². The lowest BCUT2D eigenvalue weighted by atomic mass is 10.1. The highest BCUT2D eigenvalue weighted by Crippen LogP contribution is 2.33. The molecule has 1 aliphatic heterocycles. The minimum atomic E-state index is -3.69. The Kier molecular flexibility index (Phi) is 8.56. The van der Waals surface area contributed by atoms with E-state index in [-0.39, 0.29) is 15.6 Å². The molecule has 0 unspecified atom stereocenters. The van der Waals surface area contributed by atoms with Gasteiger partial charge in [-0.15, -0.1) is 0 Å². The first-order chi connectivity index (χ1) is 15.8. The maximum atomic E-state index is 13.1. The third-order valence-corrected chi connectivity index (χ3v) is 7.93. The highest BCUT2D eigenvalue weighted by Gasteiger charge is 2.25. The number of benzene rings is 1. The topological polar surface area (TPSA) is 91.8 Å². The maximum absolute atomic E-state index is 13.1. The van der Waals surface area contributed by atoms with Crippen molar-refractivity contribution in [2.75, 3.05) is 43.0 Å². The van der Waals surface area contributed by atoms with Gasteiger partial charge in [-0.25, -0.2) is 13.4 Å². The molecule has 0 spiro atoms. The van der Waals surface area contributed by atoms with Gasteiger partial charge >= 0.3 is 0 Å². The molecule has 1 amide bonds. The van der Waals surface area contributed by atoms with Crippen molar-refractivity contribution in [3.63, 3.8) is 0 Å². The van der Waals surface area contributed by atoms with Gasteiger partial charge in [-0.3, -0.25) is 4.79 Å². The quantitative estimate of drug-likeness (QED) is 0.555. The van der Waals surface area contributed by atoms with E-state index in [2.05, 4.69) is 15.2 Å². The molecule has 33 heavy (non-hydrogen) atoms. The second kappa shape index (κ2) is 11.2. The number of aromatic nitrogens is 1. The van der Waals surface area contributed by atoms with Gasteiger partial charge in [-0.1, -0.05) is 25.4 Å². The zero-order valence-corrected chi connectivity index (χ0v) is 20.9. The minimum Gasteiger partial charge on any atom is -0.478 e. The van der Waals surface area contributed by atoms with Crippen LogP contribution in [0.25, 0.3) is 0 Å². The summed E-state index contributed by atoms with van der Waals surface area (Å²) in [5.74, 6) is -0.238. The van der Waals surface area contributed by atoms with Crippen LogP contribution in [0.3, 0.4) is 0 Å². The Bertz CT molecular complexity index is 1080. The number of pyridine rings is 1. The Morgan fingerprint density at radius 1 is 1.12 bits per heavy atom. The van der Waals surface area contributed by atoms with E-state index in [4.69, 9.17) is 16.3 Å². The molecule has 0 radical (unpaired) electrons. The van der Waals surface area contributed by atoms with Gasteiger partial charge in [0.05, 0.1) is 27.9 Å². The van der Waals surface area contributed by atoms with E-state index in [0.29, 0.717) is 31.3 Å². The number of nitrogens with zero attached hydrogens (tertiary/aromatic N) is 3. The monoisotopic (exact) mass is 494 g/mol. The van der Waals surface area contributed by atoms with Crippen LogP contribution in [0.1, 0.15) is 50.5 Å². The zero-order chi connectivity index (χ0) is 24.0. The van der Waals surface area contributed by atoms with Crippen molar-refractivity contribution in [3.05, 3.63) is 41.0 Å². The first-order valence-corrected chi connectivity index (χ1v) is 13.1. The molecule has 0 bridgehead atoms. The van der Waals surface area contributed by atoms with Crippen molar-refractivity contribution in [1.29, 1.82) is 0 Å². The van der Waals surface area contributed by atoms with Crippen molar-refractivity contribution in [1.82, 2.24) is 9.29 Å². The van der Waals surface area contributed by atoms with Gasteiger partial charge in [0.15, 0.2) is 5.69 Å². The van der Waals surface area contributed by atoms with Gasteiger partial charge in [0.1, 0.15) is 0 Å². The van der Waals surface area contributed by atoms with Crippen LogP contribution < -0.4 is 15.0 Å². The number of sulfonamides is 1. The van der Waals surface area contributed by atoms with Gasteiger partial charge < -0.3 is 15.0 Å². The zero-order valence-electron chi connectivity index (χ0n) is 19.3. The van der Waals surface area contributed by atoms with Crippen molar-refractivity contribution < 1.29 is 17.9 Å². The van der Waals surface area contributed by atoms with Gasteiger partial charge in [0.25, 0.3) is 5.91 Å². The number of carbonyl (C=O) groups is 1. The van der Waals surface area contributed by atoms with E-state index in [0.717, 1.165) is 38.0 Å². The lowest BCUT2D eigenvalue weighted by molar-refractivity contribution is 0.102. The van der Waals surface area contributed by atoms with Crippen LogP contribution in [0.5, 0.6) is 5.88 Å². The number of ether oxygens (including phenoxy) is 1. The molecule has 0 atom stereocenters. The number of carbonyl (C=O) groups excluding carboxylic acids is 1. The third-order valence-electron chi connectivity index (χ3n) is 5.58.